The van der Waals surface area contributed by atoms with Crippen LogP contribution in [0.25, 0.3) is 0 Å². The first-order valence-corrected chi connectivity index (χ1v) is 7.11. The fourth-order valence-corrected chi connectivity index (χ4v) is 2.29. The van der Waals surface area contributed by atoms with Gasteiger partial charge in [-0.15, -0.1) is 0 Å². The van der Waals surface area contributed by atoms with E-state index in [1.54, 1.807) is 20.3 Å². The van der Waals surface area contributed by atoms with Crippen LogP contribution in [-0.2, 0) is 6.54 Å². The Morgan fingerprint density at radius 1 is 1.10 bits per heavy atom. The summed E-state index contributed by atoms with van der Waals surface area (Å²) in [6, 6.07) is 13.4. The molecule has 0 aliphatic carbocycles. The molecule has 0 heterocycles. The summed E-state index contributed by atoms with van der Waals surface area (Å²) in [5.41, 5.74) is 2.40. The molecule has 0 unspecified atom stereocenters. The van der Waals surface area contributed by atoms with Crippen LogP contribution in [-0.4, -0.2) is 14.2 Å². The van der Waals surface area contributed by atoms with Crippen molar-refractivity contribution in [2.45, 2.75) is 6.54 Å². The Morgan fingerprint density at radius 3 is 2.33 bits per heavy atom. The Bertz CT molecular complexity index is 658. The molecule has 0 fully saturated rings. The molecule has 1 N–H and O–H groups in total. The maximum absolute atomic E-state index is 9.13. The van der Waals surface area contributed by atoms with Gasteiger partial charge in [-0.1, -0.05) is 15.9 Å². The zero-order chi connectivity index (χ0) is 15.2. The second-order valence-corrected chi connectivity index (χ2v) is 5.29. The lowest BCUT2D eigenvalue weighted by Crippen LogP contribution is -2.02. The molecular formula is C16H15BrN2O2. The van der Waals surface area contributed by atoms with E-state index in [2.05, 4.69) is 27.3 Å². The van der Waals surface area contributed by atoms with E-state index in [4.69, 9.17) is 14.7 Å². The second-order valence-electron chi connectivity index (χ2n) is 4.38. The zero-order valence-corrected chi connectivity index (χ0v) is 13.4. The van der Waals surface area contributed by atoms with Gasteiger partial charge in [-0.2, -0.15) is 5.26 Å². The molecule has 0 aliphatic heterocycles. The highest BCUT2D eigenvalue weighted by Gasteiger charge is 2.05. The molecule has 0 spiro atoms. The van der Waals surface area contributed by atoms with E-state index >= 15 is 0 Å². The van der Waals surface area contributed by atoms with Gasteiger partial charge in [-0.25, -0.2) is 0 Å². The van der Waals surface area contributed by atoms with Gasteiger partial charge in [0.1, 0.15) is 17.6 Å². The van der Waals surface area contributed by atoms with E-state index in [0.717, 1.165) is 27.2 Å². The number of nitriles is 1. The number of nitrogens with one attached hydrogen (secondary N) is 1. The van der Waals surface area contributed by atoms with E-state index < -0.39 is 0 Å². The molecule has 0 bridgehead atoms. The minimum absolute atomic E-state index is 0.568. The fourth-order valence-electron chi connectivity index (χ4n) is 1.93. The fraction of sp³-hybridized carbons (Fsp3) is 0.188. The van der Waals surface area contributed by atoms with Gasteiger partial charge in [0.2, 0.25) is 0 Å². The molecule has 0 saturated carbocycles. The zero-order valence-electron chi connectivity index (χ0n) is 11.8. The third kappa shape index (κ3) is 3.89. The van der Waals surface area contributed by atoms with Crippen LogP contribution in [0.5, 0.6) is 11.5 Å². The molecule has 2 rings (SSSR count). The third-order valence-electron chi connectivity index (χ3n) is 3.00. The van der Waals surface area contributed by atoms with Gasteiger partial charge in [0.15, 0.2) is 0 Å². The molecule has 0 saturated heterocycles. The topological polar surface area (TPSA) is 54.3 Å². The van der Waals surface area contributed by atoms with Gasteiger partial charge in [-0.05, 0) is 35.9 Å². The van der Waals surface area contributed by atoms with Crippen LogP contribution in [0.4, 0.5) is 5.69 Å². The summed E-state index contributed by atoms with van der Waals surface area (Å²) >= 11 is 3.41. The standard InChI is InChI=1S/C16H15BrN2O2/c1-20-14-5-11(6-15(8-14)21-2)10-19-16-7-13(17)4-3-12(16)9-18/h3-8,19H,10H2,1-2H3. The third-order valence-corrected chi connectivity index (χ3v) is 3.49. The minimum atomic E-state index is 0.568. The number of benzene rings is 2. The summed E-state index contributed by atoms with van der Waals surface area (Å²) < 4.78 is 11.4. The van der Waals surface area contributed by atoms with E-state index in [1.165, 1.54) is 0 Å². The minimum Gasteiger partial charge on any atom is -0.497 e. The smallest absolute Gasteiger partial charge is 0.122 e. The van der Waals surface area contributed by atoms with Crippen LogP contribution < -0.4 is 14.8 Å². The lowest BCUT2D eigenvalue weighted by Gasteiger charge is -2.11. The van der Waals surface area contributed by atoms with Gasteiger partial charge in [0, 0.05) is 17.1 Å². The van der Waals surface area contributed by atoms with E-state index in [-0.39, 0.29) is 0 Å². The van der Waals surface area contributed by atoms with Crippen LogP contribution in [0.15, 0.2) is 40.9 Å². The Balaban J connectivity index is 2.20. The normalized spacial score (nSPS) is 9.81. The van der Waals surface area contributed by atoms with Crippen molar-refractivity contribution in [1.82, 2.24) is 0 Å². The van der Waals surface area contributed by atoms with Crippen molar-refractivity contribution >= 4 is 21.6 Å². The number of methoxy groups -OCH3 is 2. The van der Waals surface area contributed by atoms with Gasteiger partial charge >= 0.3 is 0 Å². The Kier molecular flexibility index (Phi) is 5.07. The number of hydrogen-bond acceptors (Lipinski definition) is 4. The first-order valence-electron chi connectivity index (χ1n) is 6.31. The molecule has 0 aliphatic rings. The highest BCUT2D eigenvalue weighted by molar-refractivity contribution is 9.10. The van der Waals surface area contributed by atoms with Crippen molar-refractivity contribution < 1.29 is 9.47 Å². The maximum atomic E-state index is 9.13. The molecule has 0 atom stereocenters. The number of halogens is 1. The molecule has 21 heavy (non-hydrogen) atoms. The van der Waals surface area contributed by atoms with E-state index in [1.807, 2.05) is 30.3 Å². The molecule has 2 aromatic rings. The summed E-state index contributed by atoms with van der Waals surface area (Å²) in [6.07, 6.45) is 0. The predicted molar refractivity (Wildman–Crippen MR) is 85.7 cm³/mol. The summed E-state index contributed by atoms with van der Waals surface area (Å²) in [7, 11) is 3.24. The van der Waals surface area contributed by atoms with Crippen molar-refractivity contribution in [3.8, 4) is 17.6 Å². The molecule has 5 heteroatoms. The van der Waals surface area contributed by atoms with Crippen LogP contribution >= 0.6 is 15.9 Å². The average Bonchev–Trinajstić information content (AvgIpc) is 2.52. The van der Waals surface area contributed by atoms with Crippen molar-refractivity contribution in [2.75, 3.05) is 19.5 Å². The van der Waals surface area contributed by atoms with Crippen LogP contribution in [0.3, 0.4) is 0 Å². The van der Waals surface area contributed by atoms with Gasteiger partial charge in [0.05, 0.1) is 25.5 Å². The predicted octanol–water partition coefficient (Wildman–Crippen LogP) is 3.95. The quantitative estimate of drug-likeness (QED) is 0.890. The van der Waals surface area contributed by atoms with Gasteiger partial charge < -0.3 is 14.8 Å². The van der Waals surface area contributed by atoms with Gasteiger partial charge in [0.25, 0.3) is 0 Å². The van der Waals surface area contributed by atoms with Crippen molar-refractivity contribution in [2.24, 2.45) is 0 Å². The molecule has 0 amide bonds. The Morgan fingerprint density at radius 2 is 1.76 bits per heavy atom. The molecule has 2 aromatic carbocycles. The Labute approximate surface area is 132 Å². The summed E-state index contributed by atoms with van der Waals surface area (Å²) in [5, 5.41) is 12.4. The summed E-state index contributed by atoms with van der Waals surface area (Å²) in [5.74, 6) is 1.47. The first-order chi connectivity index (χ1) is 10.2. The second kappa shape index (κ2) is 7.00. The largest absolute Gasteiger partial charge is 0.497 e. The number of nitrogens with zero attached hydrogens (tertiary/aromatic N) is 1. The maximum Gasteiger partial charge on any atom is 0.122 e. The highest BCUT2D eigenvalue weighted by atomic mass is 79.9. The number of anilines is 1. The monoisotopic (exact) mass is 346 g/mol. The van der Waals surface area contributed by atoms with Gasteiger partial charge in [-0.3, -0.25) is 0 Å². The van der Waals surface area contributed by atoms with E-state index in [0.29, 0.717) is 12.1 Å². The Hall–Kier alpha value is -2.19. The van der Waals surface area contributed by atoms with Crippen molar-refractivity contribution in [3.05, 3.63) is 52.0 Å². The van der Waals surface area contributed by atoms with Crippen LogP contribution in [0, 0.1) is 11.3 Å². The highest BCUT2D eigenvalue weighted by Crippen LogP contribution is 2.25. The van der Waals surface area contributed by atoms with Crippen molar-refractivity contribution in [3.63, 3.8) is 0 Å². The lowest BCUT2D eigenvalue weighted by molar-refractivity contribution is 0.393. The first kappa shape index (κ1) is 15.2. The molecular weight excluding hydrogens is 332 g/mol. The summed E-state index contributed by atoms with van der Waals surface area (Å²) in [6.45, 7) is 0.568. The molecule has 108 valence electrons. The number of ether oxygens (including phenoxy) is 2. The van der Waals surface area contributed by atoms with E-state index in [9.17, 15) is 0 Å². The molecule has 4 nitrogen and oxygen atoms in total. The number of rotatable bonds is 5. The SMILES string of the molecule is COc1cc(CNc2cc(Br)ccc2C#N)cc(OC)c1. The molecule has 0 aromatic heterocycles. The summed E-state index contributed by atoms with van der Waals surface area (Å²) in [4.78, 5) is 0. The van der Waals surface area contributed by atoms with Crippen LogP contribution in [0.2, 0.25) is 0 Å². The number of hydrogen-bond donors (Lipinski definition) is 1. The van der Waals surface area contributed by atoms with Crippen molar-refractivity contribution in [1.29, 1.82) is 5.26 Å². The van der Waals surface area contributed by atoms with Crippen LogP contribution in [0.1, 0.15) is 11.1 Å². The molecule has 0 radical (unpaired) electrons. The lowest BCUT2D eigenvalue weighted by atomic mass is 10.1. The average molecular weight is 347 g/mol.